The van der Waals surface area contributed by atoms with Crippen LogP contribution in [-0.4, -0.2) is 26.3 Å². The van der Waals surface area contributed by atoms with Crippen LogP contribution < -0.4 is 9.47 Å². The first-order valence-electron chi connectivity index (χ1n) is 7.40. The number of hydrogen-bond acceptors (Lipinski definition) is 4. The summed E-state index contributed by atoms with van der Waals surface area (Å²) < 4.78 is 16.0. The maximum Gasteiger partial charge on any atom is 0.330 e. The van der Waals surface area contributed by atoms with Gasteiger partial charge in [-0.25, -0.2) is 4.79 Å². The van der Waals surface area contributed by atoms with Gasteiger partial charge in [-0.3, -0.25) is 0 Å². The Kier molecular flexibility index (Phi) is 5.64. The smallest absolute Gasteiger partial charge is 0.330 e. The van der Waals surface area contributed by atoms with E-state index in [1.807, 2.05) is 12.1 Å². The summed E-state index contributed by atoms with van der Waals surface area (Å²) in [7, 11) is 1.58. The van der Waals surface area contributed by atoms with Gasteiger partial charge in [-0.05, 0) is 42.0 Å². The summed E-state index contributed by atoms with van der Waals surface area (Å²) in [4.78, 5) is 11.6. The second-order valence-corrected chi connectivity index (χ2v) is 5.45. The quantitative estimate of drug-likeness (QED) is 0.419. The molecule has 1 fully saturated rings. The highest BCUT2D eigenvalue weighted by molar-refractivity contribution is 5.87. The molecular formula is C18H22O4. The second kappa shape index (κ2) is 7.69. The summed E-state index contributed by atoms with van der Waals surface area (Å²) in [6, 6.07) is 5.47. The van der Waals surface area contributed by atoms with E-state index in [0.717, 1.165) is 12.0 Å². The maximum absolute atomic E-state index is 11.6. The molecule has 4 heteroatoms. The van der Waals surface area contributed by atoms with E-state index < -0.39 is 0 Å². The minimum Gasteiger partial charge on any atom is -0.493 e. The number of carbonyl (C=O) groups is 1. The first kappa shape index (κ1) is 16.1. The van der Waals surface area contributed by atoms with Crippen LogP contribution in [0.5, 0.6) is 11.5 Å². The van der Waals surface area contributed by atoms with Gasteiger partial charge in [-0.2, -0.15) is 0 Å². The van der Waals surface area contributed by atoms with Crippen LogP contribution in [0.4, 0.5) is 0 Å². The van der Waals surface area contributed by atoms with Crippen LogP contribution in [0, 0.1) is 11.8 Å². The van der Waals surface area contributed by atoms with Crippen LogP contribution in [0.15, 0.2) is 36.9 Å². The monoisotopic (exact) mass is 302 g/mol. The van der Waals surface area contributed by atoms with E-state index in [9.17, 15) is 4.79 Å². The van der Waals surface area contributed by atoms with Crippen molar-refractivity contribution in [2.75, 3.05) is 20.3 Å². The lowest BCUT2D eigenvalue weighted by Gasteiger charge is -2.09. The third-order valence-electron chi connectivity index (χ3n) is 3.67. The van der Waals surface area contributed by atoms with Crippen molar-refractivity contribution in [1.29, 1.82) is 0 Å². The molecule has 2 rings (SSSR count). The predicted molar refractivity (Wildman–Crippen MR) is 86.0 cm³/mol. The average molecular weight is 302 g/mol. The van der Waals surface area contributed by atoms with Gasteiger partial charge in [-0.1, -0.05) is 25.6 Å². The Labute approximate surface area is 131 Å². The van der Waals surface area contributed by atoms with Gasteiger partial charge < -0.3 is 14.2 Å². The third-order valence-corrected chi connectivity index (χ3v) is 3.67. The van der Waals surface area contributed by atoms with Gasteiger partial charge in [0.05, 0.1) is 13.7 Å². The number of carbonyl (C=O) groups excluding carboxylic acids is 1. The average Bonchev–Trinajstić information content (AvgIpc) is 3.24. The van der Waals surface area contributed by atoms with E-state index in [0.29, 0.717) is 36.5 Å². The van der Waals surface area contributed by atoms with Gasteiger partial charge in [0.15, 0.2) is 11.5 Å². The van der Waals surface area contributed by atoms with Crippen LogP contribution >= 0.6 is 0 Å². The molecule has 22 heavy (non-hydrogen) atoms. The fraction of sp³-hybridized carbons (Fsp3) is 0.389. The first-order chi connectivity index (χ1) is 10.6. The van der Waals surface area contributed by atoms with E-state index >= 15 is 0 Å². The van der Waals surface area contributed by atoms with Crippen molar-refractivity contribution in [3.63, 3.8) is 0 Å². The molecular weight excluding hydrogens is 280 g/mol. The lowest BCUT2D eigenvalue weighted by Crippen LogP contribution is -2.04. The van der Waals surface area contributed by atoms with Crippen LogP contribution in [0.1, 0.15) is 18.9 Å². The molecule has 1 aromatic carbocycles. The molecule has 2 atom stereocenters. The number of ether oxygens (including phenoxy) is 3. The molecule has 1 aliphatic carbocycles. The molecule has 2 unspecified atom stereocenters. The number of esters is 1. The third kappa shape index (κ3) is 4.65. The summed E-state index contributed by atoms with van der Waals surface area (Å²) in [6.45, 7) is 6.70. The van der Waals surface area contributed by atoms with Crippen LogP contribution in [-0.2, 0) is 9.53 Å². The van der Waals surface area contributed by atoms with Gasteiger partial charge in [0.25, 0.3) is 0 Å². The highest BCUT2D eigenvalue weighted by Crippen LogP contribution is 2.37. The summed E-state index contributed by atoms with van der Waals surface area (Å²) in [5.74, 6) is 2.17. The molecule has 118 valence electrons. The SMILES string of the molecule is C=CCOc1ccc(/C=C/C(=O)OCC2CC2C)cc1OC. The van der Waals surface area contributed by atoms with Crippen molar-refractivity contribution < 1.29 is 19.0 Å². The summed E-state index contributed by atoms with van der Waals surface area (Å²) in [5.41, 5.74) is 0.847. The molecule has 4 nitrogen and oxygen atoms in total. The molecule has 0 amide bonds. The molecule has 0 heterocycles. The predicted octanol–water partition coefficient (Wildman–Crippen LogP) is 3.47. The van der Waals surface area contributed by atoms with Gasteiger partial charge in [-0.15, -0.1) is 0 Å². The molecule has 0 N–H and O–H groups in total. The topological polar surface area (TPSA) is 44.8 Å². The van der Waals surface area contributed by atoms with Crippen molar-refractivity contribution in [1.82, 2.24) is 0 Å². The van der Waals surface area contributed by atoms with E-state index in [2.05, 4.69) is 13.5 Å². The number of rotatable bonds is 8. The zero-order chi connectivity index (χ0) is 15.9. The van der Waals surface area contributed by atoms with E-state index in [1.54, 1.807) is 25.3 Å². The molecule has 0 spiro atoms. The van der Waals surface area contributed by atoms with E-state index in [1.165, 1.54) is 6.08 Å². The molecule has 1 aliphatic rings. The fourth-order valence-corrected chi connectivity index (χ4v) is 2.09. The van der Waals surface area contributed by atoms with E-state index in [4.69, 9.17) is 14.2 Å². The Hall–Kier alpha value is -2.23. The zero-order valence-electron chi connectivity index (χ0n) is 13.1. The maximum atomic E-state index is 11.6. The van der Waals surface area contributed by atoms with Gasteiger partial charge in [0.1, 0.15) is 6.61 Å². The lowest BCUT2D eigenvalue weighted by molar-refractivity contribution is -0.138. The molecule has 0 aliphatic heterocycles. The zero-order valence-corrected chi connectivity index (χ0v) is 13.1. The number of hydrogen-bond donors (Lipinski definition) is 0. The minimum atomic E-state index is -0.315. The standard InChI is InChI=1S/C18H22O4/c1-4-9-21-16-7-5-14(11-17(16)20-3)6-8-18(19)22-12-15-10-13(15)2/h4-8,11,13,15H,1,9-10,12H2,2-3H3/b8-6+. The number of benzene rings is 1. The molecule has 0 saturated heterocycles. The largest absolute Gasteiger partial charge is 0.493 e. The Bertz CT molecular complexity index is 562. The summed E-state index contributed by atoms with van der Waals surface area (Å²) in [5, 5.41) is 0. The van der Waals surface area contributed by atoms with Crippen LogP contribution in [0.3, 0.4) is 0 Å². The Morgan fingerprint density at radius 3 is 2.82 bits per heavy atom. The van der Waals surface area contributed by atoms with Crippen molar-refractivity contribution >= 4 is 12.0 Å². The van der Waals surface area contributed by atoms with Crippen LogP contribution in [0.2, 0.25) is 0 Å². The van der Waals surface area contributed by atoms with Crippen molar-refractivity contribution in [3.8, 4) is 11.5 Å². The molecule has 0 aromatic heterocycles. The molecule has 1 aromatic rings. The fourth-order valence-electron chi connectivity index (χ4n) is 2.09. The van der Waals surface area contributed by atoms with Crippen LogP contribution in [0.25, 0.3) is 6.08 Å². The summed E-state index contributed by atoms with van der Waals surface area (Å²) in [6.07, 6.45) is 5.97. The van der Waals surface area contributed by atoms with Crippen molar-refractivity contribution in [3.05, 3.63) is 42.5 Å². The van der Waals surface area contributed by atoms with E-state index in [-0.39, 0.29) is 5.97 Å². The highest BCUT2D eigenvalue weighted by Gasteiger charge is 2.33. The lowest BCUT2D eigenvalue weighted by atomic mass is 10.2. The first-order valence-corrected chi connectivity index (χ1v) is 7.40. The minimum absolute atomic E-state index is 0.315. The van der Waals surface area contributed by atoms with Crippen molar-refractivity contribution in [2.24, 2.45) is 11.8 Å². The van der Waals surface area contributed by atoms with Gasteiger partial charge >= 0.3 is 5.97 Å². The molecule has 1 saturated carbocycles. The second-order valence-electron chi connectivity index (χ2n) is 5.45. The Morgan fingerprint density at radius 2 is 2.18 bits per heavy atom. The summed E-state index contributed by atoms with van der Waals surface area (Å²) >= 11 is 0. The highest BCUT2D eigenvalue weighted by atomic mass is 16.5. The molecule has 0 bridgehead atoms. The Morgan fingerprint density at radius 1 is 1.41 bits per heavy atom. The van der Waals surface area contributed by atoms with Gasteiger partial charge in [0, 0.05) is 6.08 Å². The van der Waals surface area contributed by atoms with Crippen molar-refractivity contribution in [2.45, 2.75) is 13.3 Å². The van der Waals surface area contributed by atoms with Gasteiger partial charge in [0.2, 0.25) is 0 Å². The normalized spacial score (nSPS) is 19.7. The molecule has 0 radical (unpaired) electrons. The Balaban J connectivity index is 1.91. The number of methoxy groups -OCH3 is 1.